The highest BCUT2D eigenvalue weighted by Crippen LogP contribution is 2.44. The summed E-state index contributed by atoms with van der Waals surface area (Å²) in [6.45, 7) is 2.28. The molecule has 1 heterocycles. The van der Waals surface area contributed by atoms with Crippen molar-refractivity contribution in [2.45, 2.75) is 12.0 Å². The molecule has 0 aromatic heterocycles. The summed E-state index contributed by atoms with van der Waals surface area (Å²) in [6.07, 6.45) is 0.966. The van der Waals surface area contributed by atoms with E-state index in [0.29, 0.717) is 28.6 Å². The summed E-state index contributed by atoms with van der Waals surface area (Å²) in [7, 11) is 1.52. The van der Waals surface area contributed by atoms with Crippen molar-refractivity contribution in [2.75, 3.05) is 32.5 Å². The first-order valence-electron chi connectivity index (χ1n) is 12.9. The lowest BCUT2D eigenvalue weighted by molar-refractivity contribution is 0.0943. The zero-order valence-electron chi connectivity index (χ0n) is 21.4. The number of carbonyl (C=O) groups excluding carboxylic acids is 1. The average Bonchev–Trinajstić information content (AvgIpc) is 3.44. The number of ether oxygens (including phenoxy) is 1. The largest absolute Gasteiger partial charge is 0.496 e. The van der Waals surface area contributed by atoms with Gasteiger partial charge in [-0.05, 0) is 35.1 Å². The summed E-state index contributed by atoms with van der Waals surface area (Å²) in [5.74, 6) is 0.473. The van der Waals surface area contributed by atoms with E-state index in [1.54, 1.807) is 12.1 Å². The Morgan fingerprint density at radius 3 is 1.97 bits per heavy atom. The molecule has 1 unspecified atom stereocenters. The molecule has 1 amide bonds. The van der Waals surface area contributed by atoms with Gasteiger partial charge in [-0.3, -0.25) is 9.69 Å². The second-order valence-corrected chi connectivity index (χ2v) is 10.1. The Morgan fingerprint density at radius 1 is 0.947 bits per heavy atom. The molecule has 4 aromatic carbocycles. The second kappa shape index (κ2) is 11.3. The number of benzene rings is 4. The topological polar surface area (TPSA) is 67.6 Å². The number of methoxy groups -OCH3 is 1. The van der Waals surface area contributed by atoms with E-state index in [-0.39, 0.29) is 11.8 Å². The summed E-state index contributed by atoms with van der Waals surface area (Å²) in [5, 5.41) is 3.44. The van der Waals surface area contributed by atoms with E-state index >= 15 is 0 Å². The van der Waals surface area contributed by atoms with Crippen molar-refractivity contribution in [1.29, 1.82) is 0 Å². The van der Waals surface area contributed by atoms with E-state index in [2.05, 4.69) is 101 Å². The van der Waals surface area contributed by atoms with Crippen molar-refractivity contribution in [3.05, 3.63) is 130 Å². The third kappa shape index (κ3) is 4.87. The Morgan fingerprint density at radius 2 is 1.47 bits per heavy atom. The van der Waals surface area contributed by atoms with E-state index in [1.165, 1.54) is 23.8 Å². The van der Waals surface area contributed by atoms with Crippen molar-refractivity contribution in [1.82, 2.24) is 10.2 Å². The molecule has 5 nitrogen and oxygen atoms in total. The molecule has 1 fully saturated rings. The standard InChI is InChI=1S/C32H32ClN3O2/c1-38-30-20-29(34)28(33)19-27(30)31(37)35-21-23-17-18-36(22-23)32(24-11-5-2-6-12-24,25-13-7-3-8-14-25)26-15-9-4-10-16-26/h2-16,19-20,23H,17-18,21-22,34H2,1H3,(H,35,37). The maximum absolute atomic E-state index is 13.1. The lowest BCUT2D eigenvalue weighted by atomic mass is 9.75. The van der Waals surface area contributed by atoms with Crippen LogP contribution < -0.4 is 15.8 Å². The molecule has 194 valence electrons. The van der Waals surface area contributed by atoms with Gasteiger partial charge in [-0.2, -0.15) is 0 Å². The van der Waals surface area contributed by atoms with Crippen LogP contribution in [0.4, 0.5) is 5.69 Å². The summed E-state index contributed by atoms with van der Waals surface area (Å²) >= 11 is 6.19. The second-order valence-electron chi connectivity index (χ2n) is 9.69. The number of nitrogens with one attached hydrogen (secondary N) is 1. The number of rotatable bonds is 8. The fraction of sp³-hybridized carbons (Fsp3) is 0.219. The molecule has 0 aliphatic carbocycles. The molecule has 5 rings (SSSR count). The van der Waals surface area contributed by atoms with E-state index in [9.17, 15) is 4.79 Å². The molecule has 0 bridgehead atoms. The van der Waals surface area contributed by atoms with Crippen molar-refractivity contribution in [2.24, 2.45) is 5.92 Å². The van der Waals surface area contributed by atoms with Crippen molar-refractivity contribution in [3.8, 4) is 5.75 Å². The first-order valence-corrected chi connectivity index (χ1v) is 13.2. The molecule has 1 aliphatic heterocycles. The van der Waals surface area contributed by atoms with Gasteiger partial charge in [0.15, 0.2) is 0 Å². The van der Waals surface area contributed by atoms with Gasteiger partial charge in [0.05, 0.1) is 28.9 Å². The molecule has 1 aliphatic rings. The zero-order chi connectivity index (χ0) is 26.5. The molecular formula is C32H32ClN3O2. The van der Waals surface area contributed by atoms with Gasteiger partial charge in [0.2, 0.25) is 0 Å². The predicted molar refractivity (Wildman–Crippen MR) is 154 cm³/mol. The van der Waals surface area contributed by atoms with Crippen molar-refractivity contribution >= 4 is 23.2 Å². The van der Waals surface area contributed by atoms with E-state index < -0.39 is 5.54 Å². The van der Waals surface area contributed by atoms with Gasteiger partial charge in [0.1, 0.15) is 5.75 Å². The molecule has 1 saturated heterocycles. The average molecular weight is 526 g/mol. The number of nitrogens with zero attached hydrogens (tertiary/aromatic N) is 1. The van der Waals surface area contributed by atoms with Crippen LogP contribution in [-0.4, -0.2) is 37.6 Å². The number of halogens is 1. The van der Waals surface area contributed by atoms with Crippen LogP contribution in [0.1, 0.15) is 33.5 Å². The van der Waals surface area contributed by atoms with Crippen LogP contribution in [0.25, 0.3) is 0 Å². The minimum Gasteiger partial charge on any atom is -0.496 e. The van der Waals surface area contributed by atoms with Crippen LogP contribution in [-0.2, 0) is 5.54 Å². The lowest BCUT2D eigenvalue weighted by Crippen LogP contribution is -2.47. The smallest absolute Gasteiger partial charge is 0.255 e. The van der Waals surface area contributed by atoms with Crippen LogP contribution in [0, 0.1) is 5.92 Å². The third-order valence-corrected chi connectivity index (χ3v) is 7.78. The summed E-state index contributed by atoms with van der Waals surface area (Å²) in [6, 6.07) is 35.3. The number of hydrogen-bond donors (Lipinski definition) is 2. The van der Waals surface area contributed by atoms with Crippen LogP contribution in [0.15, 0.2) is 103 Å². The Bertz CT molecular complexity index is 1280. The highest BCUT2D eigenvalue weighted by Gasteiger charge is 2.44. The molecule has 0 spiro atoms. The number of carbonyl (C=O) groups is 1. The number of nitrogens with two attached hydrogens (primary N) is 1. The number of hydrogen-bond acceptors (Lipinski definition) is 4. The minimum absolute atomic E-state index is 0.220. The number of nitrogen functional groups attached to an aromatic ring is 1. The quantitative estimate of drug-likeness (QED) is 0.219. The summed E-state index contributed by atoms with van der Waals surface area (Å²) in [4.78, 5) is 15.6. The summed E-state index contributed by atoms with van der Waals surface area (Å²) < 4.78 is 5.38. The van der Waals surface area contributed by atoms with E-state index in [0.717, 1.165) is 19.5 Å². The van der Waals surface area contributed by atoms with Gasteiger partial charge in [-0.15, -0.1) is 0 Å². The molecule has 6 heteroatoms. The van der Waals surface area contributed by atoms with E-state index in [4.69, 9.17) is 22.1 Å². The molecule has 0 saturated carbocycles. The van der Waals surface area contributed by atoms with Gasteiger partial charge >= 0.3 is 0 Å². The normalized spacial score (nSPS) is 15.8. The maximum atomic E-state index is 13.1. The SMILES string of the molecule is COc1cc(N)c(Cl)cc1C(=O)NCC1CCN(C(c2ccccc2)(c2ccccc2)c2ccccc2)C1. The van der Waals surface area contributed by atoms with Gasteiger partial charge < -0.3 is 15.8 Å². The van der Waals surface area contributed by atoms with Crippen LogP contribution in [0.2, 0.25) is 5.02 Å². The first-order chi connectivity index (χ1) is 18.5. The summed E-state index contributed by atoms with van der Waals surface area (Å²) in [5.41, 5.74) is 9.88. The van der Waals surface area contributed by atoms with Crippen molar-refractivity contribution in [3.63, 3.8) is 0 Å². The van der Waals surface area contributed by atoms with Crippen LogP contribution in [0.3, 0.4) is 0 Å². The molecule has 4 aromatic rings. The monoisotopic (exact) mass is 525 g/mol. The van der Waals surface area contributed by atoms with Crippen LogP contribution >= 0.6 is 11.6 Å². The molecule has 3 N–H and O–H groups in total. The highest BCUT2D eigenvalue weighted by molar-refractivity contribution is 6.33. The molecule has 0 radical (unpaired) electrons. The number of likely N-dealkylation sites (tertiary alicyclic amines) is 1. The zero-order valence-corrected chi connectivity index (χ0v) is 22.2. The van der Waals surface area contributed by atoms with Crippen molar-refractivity contribution < 1.29 is 9.53 Å². The van der Waals surface area contributed by atoms with Crippen LogP contribution in [0.5, 0.6) is 5.75 Å². The molecular weight excluding hydrogens is 494 g/mol. The van der Waals surface area contributed by atoms with Gasteiger partial charge in [0.25, 0.3) is 5.91 Å². The number of amides is 1. The highest BCUT2D eigenvalue weighted by atomic mass is 35.5. The fourth-order valence-corrected chi connectivity index (χ4v) is 5.80. The number of anilines is 1. The Hall–Kier alpha value is -3.80. The predicted octanol–water partition coefficient (Wildman–Crippen LogP) is 5.97. The molecule has 38 heavy (non-hydrogen) atoms. The minimum atomic E-state index is -0.448. The van der Waals surface area contributed by atoms with Gasteiger partial charge in [0, 0.05) is 25.7 Å². The third-order valence-electron chi connectivity index (χ3n) is 7.45. The maximum Gasteiger partial charge on any atom is 0.255 e. The Labute approximate surface area is 229 Å². The first kappa shape index (κ1) is 25.8. The van der Waals surface area contributed by atoms with Gasteiger partial charge in [-0.1, -0.05) is 103 Å². The van der Waals surface area contributed by atoms with Gasteiger partial charge in [-0.25, -0.2) is 0 Å². The fourth-order valence-electron chi connectivity index (χ4n) is 5.64. The Kier molecular flexibility index (Phi) is 7.68. The lowest BCUT2D eigenvalue weighted by Gasteiger charge is -2.44. The Balaban J connectivity index is 1.44. The van der Waals surface area contributed by atoms with E-state index in [1.807, 2.05) is 0 Å². The molecule has 1 atom stereocenters.